The molecule has 0 fully saturated rings. The molecule has 0 saturated carbocycles. The maximum atomic E-state index is 10.2. The van der Waals surface area contributed by atoms with Gasteiger partial charge in [0.1, 0.15) is 18.5 Å². The topological polar surface area (TPSA) is 51.2 Å². The summed E-state index contributed by atoms with van der Waals surface area (Å²) in [4.78, 5) is 2.04. The lowest BCUT2D eigenvalue weighted by atomic mass is 10.2. The van der Waals surface area contributed by atoms with Crippen LogP contribution in [0.1, 0.15) is 5.56 Å². The molecule has 6 heteroatoms. The summed E-state index contributed by atoms with van der Waals surface area (Å²) in [6.45, 7) is 1.43. The Kier molecular flexibility index (Phi) is 7.55. The summed E-state index contributed by atoms with van der Waals surface area (Å²) in [5, 5.41) is 10.2. The lowest BCUT2D eigenvalue weighted by Gasteiger charge is -2.21. The number of hydrogen-bond donors (Lipinski definition) is 1. The number of ether oxygens (including phenoxy) is 3. The predicted molar refractivity (Wildman–Crippen MR) is 102 cm³/mol. The van der Waals surface area contributed by atoms with Crippen molar-refractivity contribution in [2.24, 2.45) is 0 Å². The third kappa shape index (κ3) is 6.23. The van der Waals surface area contributed by atoms with Gasteiger partial charge >= 0.3 is 0 Å². The van der Waals surface area contributed by atoms with Crippen molar-refractivity contribution in [1.82, 2.24) is 4.90 Å². The maximum Gasteiger partial charge on any atom is 0.161 e. The minimum absolute atomic E-state index is 0.243. The summed E-state index contributed by atoms with van der Waals surface area (Å²) in [7, 11) is 5.19. The SMILES string of the molecule is COc1ccc(CN(C)CC(O)COc2cccc(Br)c2)cc1OC. The molecule has 0 aliphatic carbocycles. The van der Waals surface area contributed by atoms with Gasteiger partial charge in [0.2, 0.25) is 0 Å². The number of halogens is 1. The molecule has 1 N–H and O–H groups in total. The van der Waals surface area contributed by atoms with Gasteiger partial charge in [0.25, 0.3) is 0 Å². The Labute approximate surface area is 157 Å². The lowest BCUT2D eigenvalue weighted by molar-refractivity contribution is 0.0743. The van der Waals surface area contributed by atoms with Gasteiger partial charge in [-0.25, -0.2) is 0 Å². The number of aliphatic hydroxyl groups excluding tert-OH is 1. The molecule has 0 bridgehead atoms. The van der Waals surface area contributed by atoms with Crippen LogP contribution in [0.2, 0.25) is 0 Å². The fourth-order valence-electron chi connectivity index (χ4n) is 2.52. The van der Waals surface area contributed by atoms with Crippen molar-refractivity contribution in [3.8, 4) is 17.2 Å². The number of hydrogen-bond acceptors (Lipinski definition) is 5. The van der Waals surface area contributed by atoms with E-state index in [0.29, 0.717) is 24.6 Å². The number of benzene rings is 2. The van der Waals surface area contributed by atoms with Gasteiger partial charge in [0, 0.05) is 17.6 Å². The first kappa shape index (κ1) is 19.6. The molecule has 2 aromatic rings. The van der Waals surface area contributed by atoms with E-state index in [2.05, 4.69) is 15.9 Å². The monoisotopic (exact) mass is 409 g/mol. The average Bonchev–Trinajstić information content (AvgIpc) is 2.59. The standard InChI is InChI=1S/C19H24BrNO4/c1-21(11-14-7-8-18(23-2)19(9-14)24-3)12-16(22)13-25-17-6-4-5-15(20)10-17/h4-10,16,22H,11-13H2,1-3H3. The molecule has 25 heavy (non-hydrogen) atoms. The summed E-state index contributed by atoms with van der Waals surface area (Å²) in [6.07, 6.45) is -0.580. The van der Waals surface area contributed by atoms with Gasteiger partial charge in [-0.1, -0.05) is 28.1 Å². The van der Waals surface area contributed by atoms with E-state index in [4.69, 9.17) is 14.2 Å². The quantitative estimate of drug-likeness (QED) is 0.688. The summed E-state index contributed by atoms with van der Waals surface area (Å²) < 4.78 is 17.1. The predicted octanol–water partition coefficient (Wildman–Crippen LogP) is 3.34. The summed E-state index contributed by atoms with van der Waals surface area (Å²) >= 11 is 3.40. The van der Waals surface area contributed by atoms with Crippen LogP contribution in [0.15, 0.2) is 46.9 Å². The van der Waals surface area contributed by atoms with Crippen LogP contribution in [0, 0.1) is 0 Å². The van der Waals surface area contributed by atoms with E-state index in [9.17, 15) is 5.11 Å². The van der Waals surface area contributed by atoms with Gasteiger partial charge in [-0.05, 0) is 42.9 Å². The van der Waals surface area contributed by atoms with E-state index >= 15 is 0 Å². The van der Waals surface area contributed by atoms with E-state index in [1.165, 1.54) is 0 Å². The van der Waals surface area contributed by atoms with Gasteiger partial charge in [-0.3, -0.25) is 4.90 Å². The minimum Gasteiger partial charge on any atom is -0.493 e. The molecule has 1 atom stereocenters. The van der Waals surface area contributed by atoms with Gasteiger partial charge in [0.05, 0.1) is 14.2 Å². The minimum atomic E-state index is -0.580. The lowest BCUT2D eigenvalue weighted by Crippen LogP contribution is -2.32. The van der Waals surface area contributed by atoms with Crippen molar-refractivity contribution in [2.75, 3.05) is 34.4 Å². The van der Waals surface area contributed by atoms with Crippen LogP contribution in [0.25, 0.3) is 0 Å². The van der Waals surface area contributed by atoms with Gasteiger partial charge in [-0.2, -0.15) is 0 Å². The van der Waals surface area contributed by atoms with Crippen LogP contribution in [0.4, 0.5) is 0 Å². The average molecular weight is 410 g/mol. The van der Waals surface area contributed by atoms with Crippen molar-refractivity contribution in [3.05, 3.63) is 52.5 Å². The van der Waals surface area contributed by atoms with Crippen LogP contribution in [0.3, 0.4) is 0 Å². The first-order valence-corrected chi connectivity index (χ1v) is 8.77. The molecular weight excluding hydrogens is 386 g/mol. The fraction of sp³-hybridized carbons (Fsp3) is 0.368. The summed E-state index contributed by atoms with van der Waals surface area (Å²) in [6, 6.07) is 13.4. The van der Waals surface area contributed by atoms with Gasteiger partial charge < -0.3 is 19.3 Å². The zero-order chi connectivity index (χ0) is 18.2. The Hall–Kier alpha value is -1.76. The Bertz CT molecular complexity index is 680. The van der Waals surface area contributed by atoms with E-state index < -0.39 is 6.10 Å². The smallest absolute Gasteiger partial charge is 0.161 e. The number of aliphatic hydroxyl groups is 1. The number of likely N-dealkylation sites (N-methyl/N-ethyl adjacent to an activating group) is 1. The highest BCUT2D eigenvalue weighted by molar-refractivity contribution is 9.10. The second-order valence-electron chi connectivity index (χ2n) is 5.81. The molecule has 136 valence electrons. The third-order valence-electron chi connectivity index (χ3n) is 3.66. The first-order valence-electron chi connectivity index (χ1n) is 7.97. The summed E-state index contributed by atoms with van der Waals surface area (Å²) in [5.41, 5.74) is 1.08. The highest BCUT2D eigenvalue weighted by Gasteiger charge is 2.11. The van der Waals surface area contributed by atoms with Crippen molar-refractivity contribution in [3.63, 3.8) is 0 Å². The van der Waals surface area contributed by atoms with E-state index in [-0.39, 0.29) is 6.61 Å². The molecule has 2 rings (SSSR count). The molecule has 0 saturated heterocycles. The molecule has 0 spiro atoms. The van der Waals surface area contributed by atoms with Crippen LogP contribution < -0.4 is 14.2 Å². The number of methoxy groups -OCH3 is 2. The normalized spacial score (nSPS) is 12.1. The third-order valence-corrected chi connectivity index (χ3v) is 4.15. The van der Waals surface area contributed by atoms with E-state index in [1.54, 1.807) is 14.2 Å². The molecule has 5 nitrogen and oxygen atoms in total. The fourth-order valence-corrected chi connectivity index (χ4v) is 2.90. The largest absolute Gasteiger partial charge is 0.493 e. The molecule has 0 aromatic heterocycles. The van der Waals surface area contributed by atoms with E-state index in [1.807, 2.05) is 54.4 Å². The molecule has 0 heterocycles. The maximum absolute atomic E-state index is 10.2. The van der Waals surface area contributed by atoms with Crippen molar-refractivity contribution in [1.29, 1.82) is 0 Å². The molecule has 0 aliphatic rings. The van der Waals surface area contributed by atoms with Crippen molar-refractivity contribution >= 4 is 15.9 Å². The van der Waals surface area contributed by atoms with Crippen molar-refractivity contribution < 1.29 is 19.3 Å². The van der Waals surface area contributed by atoms with Gasteiger partial charge in [-0.15, -0.1) is 0 Å². The summed E-state index contributed by atoms with van der Waals surface area (Å²) in [5.74, 6) is 2.14. The molecule has 0 aliphatic heterocycles. The molecule has 1 unspecified atom stereocenters. The molecule has 2 aromatic carbocycles. The second kappa shape index (κ2) is 9.65. The number of nitrogens with zero attached hydrogens (tertiary/aromatic N) is 1. The zero-order valence-corrected chi connectivity index (χ0v) is 16.3. The second-order valence-corrected chi connectivity index (χ2v) is 6.72. The molecular formula is C19H24BrNO4. The highest BCUT2D eigenvalue weighted by atomic mass is 79.9. The molecule has 0 amide bonds. The Morgan fingerprint density at radius 1 is 1.08 bits per heavy atom. The van der Waals surface area contributed by atoms with E-state index in [0.717, 1.165) is 15.8 Å². The first-order chi connectivity index (χ1) is 12.0. The van der Waals surface area contributed by atoms with Crippen molar-refractivity contribution in [2.45, 2.75) is 12.6 Å². The van der Waals surface area contributed by atoms with Crippen LogP contribution in [0.5, 0.6) is 17.2 Å². The zero-order valence-electron chi connectivity index (χ0n) is 14.7. The Morgan fingerprint density at radius 2 is 1.84 bits per heavy atom. The Balaban J connectivity index is 1.83. The van der Waals surface area contributed by atoms with Gasteiger partial charge in [0.15, 0.2) is 11.5 Å². The van der Waals surface area contributed by atoms with Crippen LogP contribution >= 0.6 is 15.9 Å². The highest BCUT2D eigenvalue weighted by Crippen LogP contribution is 2.28. The van der Waals surface area contributed by atoms with Crippen LogP contribution in [-0.4, -0.2) is 50.5 Å². The Morgan fingerprint density at radius 3 is 2.52 bits per heavy atom. The molecule has 0 radical (unpaired) electrons. The number of rotatable bonds is 9. The van der Waals surface area contributed by atoms with Crippen LogP contribution in [-0.2, 0) is 6.54 Å².